The summed E-state index contributed by atoms with van der Waals surface area (Å²) in [6.07, 6.45) is 8.15. The topological polar surface area (TPSA) is 0 Å². The van der Waals surface area contributed by atoms with E-state index in [2.05, 4.69) is 71.0 Å². The van der Waals surface area contributed by atoms with Crippen LogP contribution in [0.5, 0.6) is 0 Å². The summed E-state index contributed by atoms with van der Waals surface area (Å²) in [6, 6.07) is 14.1. The molecule has 0 saturated heterocycles. The zero-order valence-corrected chi connectivity index (χ0v) is 17.0. The van der Waals surface area contributed by atoms with Gasteiger partial charge >= 0.3 is 0 Å². The minimum absolute atomic E-state index is 0.238. The third-order valence-corrected chi connectivity index (χ3v) is 7.70. The van der Waals surface area contributed by atoms with Gasteiger partial charge in [0, 0.05) is 0 Å². The first-order valence-electron chi connectivity index (χ1n) is 9.45. The molecule has 0 aliphatic heterocycles. The quantitative estimate of drug-likeness (QED) is 0.389. The van der Waals surface area contributed by atoms with Gasteiger partial charge in [-0.25, -0.2) is 0 Å². The maximum Gasteiger partial charge on any atom is -0.0166 e. The molecule has 2 aromatic rings. The van der Waals surface area contributed by atoms with Crippen molar-refractivity contribution in [3.8, 4) is 0 Å². The molecule has 0 nitrogen and oxygen atoms in total. The number of aryl methyl sites for hydroxylation is 4. The van der Waals surface area contributed by atoms with Gasteiger partial charge in [0.25, 0.3) is 0 Å². The van der Waals surface area contributed by atoms with Crippen LogP contribution in [0.2, 0.25) is 0 Å². The van der Waals surface area contributed by atoms with Crippen LogP contribution in [0.3, 0.4) is 0 Å². The molecule has 130 valence electrons. The summed E-state index contributed by atoms with van der Waals surface area (Å²) in [5.41, 5.74) is 5.67. The molecule has 2 aromatic carbocycles. The summed E-state index contributed by atoms with van der Waals surface area (Å²) >= 11 is 0. The molecule has 2 rings (SSSR count). The first-order valence-corrected chi connectivity index (χ1v) is 11.0. The molecular weight excluding hydrogens is 307 g/mol. The number of benzene rings is 2. The van der Waals surface area contributed by atoms with Crippen molar-refractivity contribution in [2.45, 2.75) is 66.7 Å². The molecule has 0 aromatic heterocycles. The van der Waals surface area contributed by atoms with Crippen molar-refractivity contribution in [3.63, 3.8) is 0 Å². The third kappa shape index (κ3) is 5.18. The lowest BCUT2D eigenvalue weighted by Gasteiger charge is -2.23. The van der Waals surface area contributed by atoms with Gasteiger partial charge in [-0.15, -0.1) is 0 Å². The van der Waals surface area contributed by atoms with E-state index >= 15 is 0 Å². The zero-order chi connectivity index (χ0) is 17.5. The molecule has 0 fully saturated rings. The van der Waals surface area contributed by atoms with Crippen LogP contribution in [0.25, 0.3) is 0 Å². The van der Waals surface area contributed by atoms with E-state index in [0.29, 0.717) is 0 Å². The molecule has 0 aliphatic carbocycles. The number of hydrogen-bond acceptors (Lipinski definition) is 0. The van der Waals surface area contributed by atoms with Gasteiger partial charge in [0.2, 0.25) is 0 Å². The Kier molecular flexibility index (Phi) is 7.50. The molecule has 24 heavy (non-hydrogen) atoms. The minimum Gasteiger partial charge on any atom is -0.0654 e. The highest BCUT2D eigenvalue weighted by Crippen LogP contribution is 2.37. The third-order valence-electron chi connectivity index (χ3n) is 4.77. The number of unbranched alkanes of at least 4 members (excludes halogenated alkanes) is 4. The van der Waals surface area contributed by atoms with Gasteiger partial charge in [0.05, 0.1) is 0 Å². The Morgan fingerprint density at radius 2 is 1.17 bits per heavy atom. The largest absolute Gasteiger partial charge is 0.0654 e. The molecule has 0 spiro atoms. The summed E-state index contributed by atoms with van der Waals surface area (Å²) < 4.78 is 0. The molecule has 0 bridgehead atoms. The molecule has 0 unspecified atom stereocenters. The summed E-state index contributed by atoms with van der Waals surface area (Å²) in [5, 5.41) is 3.16. The lowest BCUT2D eigenvalue weighted by Crippen LogP contribution is -2.19. The van der Waals surface area contributed by atoms with E-state index < -0.39 is 0 Å². The van der Waals surface area contributed by atoms with Gasteiger partial charge in [0.15, 0.2) is 0 Å². The van der Waals surface area contributed by atoms with Gasteiger partial charge < -0.3 is 0 Å². The van der Waals surface area contributed by atoms with E-state index in [0.717, 1.165) is 0 Å². The molecule has 0 saturated carbocycles. The van der Waals surface area contributed by atoms with Gasteiger partial charge in [-0.1, -0.05) is 80.1 Å². The molecule has 0 heterocycles. The molecule has 0 radical (unpaired) electrons. The Hall–Kier alpha value is -1.13. The molecule has 0 aliphatic rings. The van der Waals surface area contributed by atoms with Gasteiger partial charge in [-0.05, 0) is 69.9 Å². The van der Waals surface area contributed by atoms with Crippen molar-refractivity contribution in [2.24, 2.45) is 0 Å². The second kappa shape index (κ2) is 9.38. The fourth-order valence-electron chi connectivity index (χ4n) is 3.46. The van der Waals surface area contributed by atoms with Crippen LogP contribution in [0, 0.1) is 27.7 Å². The van der Waals surface area contributed by atoms with Crippen LogP contribution < -0.4 is 10.6 Å². The minimum atomic E-state index is -0.238. The standard InChI is InChI=1S/C23H33P/c1-6-7-8-9-10-15-24(22-13-11-18(2)16-20(22)4)23-14-12-19(3)17-21(23)5/h11-14,16-17H,6-10,15H2,1-5H3. The second-order valence-electron chi connectivity index (χ2n) is 7.15. The molecule has 0 amide bonds. The normalized spacial score (nSPS) is 11.2. The number of rotatable bonds is 8. The molecule has 1 heteroatoms. The lowest BCUT2D eigenvalue weighted by atomic mass is 10.1. The van der Waals surface area contributed by atoms with Crippen LogP contribution in [0.15, 0.2) is 36.4 Å². The first kappa shape index (κ1) is 19.2. The van der Waals surface area contributed by atoms with Gasteiger partial charge in [-0.2, -0.15) is 0 Å². The van der Waals surface area contributed by atoms with Crippen molar-refractivity contribution >= 4 is 18.5 Å². The maximum atomic E-state index is 2.39. The van der Waals surface area contributed by atoms with Crippen molar-refractivity contribution in [1.29, 1.82) is 0 Å². The van der Waals surface area contributed by atoms with Gasteiger partial charge in [0.1, 0.15) is 0 Å². The van der Waals surface area contributed by atoms with E-state index in [-0.39, 0.29) is 7.92 Å². The lowest BCUT2D eigenvalue weighted by molar-refractivity contribution is 0.659. The van der Waals surface area contributed by atoms with Crippen LogP contribution >= 0.6 is 7.92 Å². The van der Waals surface area contributed by atoms with E-state index in [9.17, 15) is 0 Å². The molecule has 0 N–H and O–H groups in total. The highest BCUT2D eigenvalue weighted by molar-refractivity contribution is 7.73. The molecule has 0 atom stereocenters. The fourth-order valence-corrected chi connectivity index (χ4v) is 6.23. The van der Waals surface area contributed by atoms with Crippen molar-refractivity contribution in [2.75, 3.05) is 6.16 Å². The summed E-state index contributed by atoms with van der Waals surface area (Å²) in [5.74, 6) is 0. The predicted molar refractivity (Wildman–Crippen MR) is 112 cm³/mol. The van der Waals surface area contributed by atoms with Crippen molar-refractivity contribution < 1.29 is 0 Å². The molecular formula is C23H33P. The van der Waals surface area contributed by atoms with Crippen LogP contribution in [0.4, 0.5) is 0 Å². The summed E-state index contributed by atoms with van der Waals surface area (Å²) in [6.45, 7) is 11.3. The smallest absolute Gasteiger partial charge is 0.0166 e. The maximum absolute atomic E-state index is 2.39. The van der Waals surface area contributed by atoms with E-state index in [1.807, 2.05) is 0 Å². The highest BCUT2D eigenvalue weighted by atomic mass is 31.1. The summed E-state index contributed by atoms with van der Waals surface area (Å²) in [4.78, 5) is 0. The Morgan fingerprint density at radius 3 is 1.62 bits per heavy atom. The van der Waals surface area contributed by atoms with Crippen LogP contribution in [0.1, 0.15) is 61.3 Å². The highest BCUT2D eigenvalue weighted by Gasteiger charge is 2.17. The zero-order valence-electron chi connectivity index (χ0n) is 16.2. The van der Waals surface area contributed by atoms with E-state index in [4.69, 9.17) is 0 Å². The van der Waals surface area contributed by atoms with E-state index in [1.54, 1.807) is 10.6 Å². The van der Waals surface area contributed by atoms with E-state index in [1.165, 1.54) is 60.5 Å². The monoisotopic (exact) mass is 340 g/mol. The van der Waals surface area contributed by atoms with Crippen LogP contribution in [-0.2, 0) is 0 Å². The average Bonchev–Trinajstić information content (AvgIpc) is 2.53. The Morgan fingerprint density at radius 1 is 0.667 bits per heavy atom. The van der Waals surface area contributed by atoms with Crippen LogP contribution in [-0.4, -0.2) is 6.16 Å². The Labute approximate surface area is 150 Å². The van der Waals surface area contributed by atoms with Gasteiger partial charge in [-0.3, -0.25) is 0 Å². The second-order valence-corrected chi connectivity index (χ2v) is 9.41. The predicted octanol–water partition coefficient (Wildman–Crippen LogP) is 6.32. The number of hydrogen-bond donors (Lipinski definition) is 0. The fraction of sp³-hybridized carbons (Fsp3) is 0.478. The average molecular weight is 340 g/mol. The Bertz CT molecular complexity index is 606. The first-order chi connectivity index (χ1) is 11.5. The van der Waals surface area contributed by atoms with Crippen molar-refractivity contribution in [3.05, 3.63) is 58.7 Å². The Balaban J connectivity index is 2.27. The van der Waals surface area contributed by atoms with Crippen molar-refractivity contribution in [1.82, 2.24) is 0 Å². The SMILES string of the molecule is CCCCCCCP(c1ccc(C)cc1C)c1ccc(C)cc1C. The summed E-state index contributed by atoms with van der Waals surface area (Å²) in [7, 11) is -0.238.